The van der Waals surface area contributed by atoms with Crippen LogP contribution in [0.15, 0.2) is 48.5 Å². The summed E-state index contributed by atoms with van der Waals surface area (Å²) in [5, 5.41) is 46.2. The lowest BCUT2D eigenvalue weighted by Crippen LogP contribution is -2.33. The van der Waals surface area contributed by atoms with Gasteiger partial charge in [0.05, 0.1) is 9.85 Å². The number of carboxylic acid groups (broad SMARTS) is 2. The Labute approximate surface area is 189 Å². The zero-order valence-corrected chi connectivity index (χ0v) is 17.9. The lowest BCUT2D eigenvalue weighted by molar-refractivity contribution is -0.384. The highest BCUT2D eigenvalue weighted by atomic mass is 33.1. The molecule has 0 heterocycles. The first-order valence-corrected chi connectivity index (χ1v) is 11.4. The van der Waals surface area contributed by atoms with E-state index >= 15 is 0 Å². The topological polar surface area (TPSA) is 185 Å². The number of anilines is 2. The third kappa shape index (κ3) is 7.02. The SMILES string of the molecule is O=C(O)[C@H](CSSC[C@@H](Nc1ccccc1[N+](=O)[O-])C(=O)O)Nc1ccccc1[N+](=O)[O-]. The third-order valence-electron chi connectivity index (χ3n) is 4.01. The van der Waals surface area contributed by atoms with Gasteiger partial charge in [-0.3, -0.25) is 20.2 Å². The van der Waals surface area contributed by atoms with Crippen molar-refractivity contribution >= 4 is 56.3 Å². The molecule has 0 fully saturated rings. The highest BCUT2D eigenvalue weighted by Crippen LogP contribution is 2.29. The van der Waals surface area contributed by atoms with Crippen LogP contribution < -0.4 is 10.6 Å². The summed E-state index contributed by atoms with van der Waals surface area (Å²) in [4.78, 5) is 44.0. The highest BCUT2D eigenvalue weighted by Gasteiger charge is 2.24. The summed E-state index contributed by atoms with van der Waals surface area (Å²) in [6, 6.07) is 8.92. The number of nitro benzene ring substituents is 2. The van der Waals surface area contributed by atoms with Crippen LogP contribution >= 0.6 is 21.6 Å². The molecule has 0 aliphatic heterocycles. The van der Waals surface area contributed by atoms with Crippen molar-refractivity contribution in [1.29, 1.82) is 0 Å². The third-order valence-corrected chi connectivity index (χ3v) is 6.43. The summed E-state index contributed by atoms with van der Waals surface area (Å²) in [6.45, 7) is 0. The van der Waals surface area contributed by atoms with Crippen molar-refractivity contribution in [2.45, 2.75) is 12.1 Å². The molecule has 0 saturated carbocycles. The van der Waals surface area contributed by atoms with E-state index in [1.807, 2.05) is 0 Å². The van der Waals surface area contributed by atoms with Gasteiger partial charge in [-0.1, -0.05) is 45.9 Å². The molecular weight excluding hydrogens is 464 g/mol. The maximum absolute atomic E-state index is 11.5. The molecule has 2 aromatic carbocycles. The monoisotopic (exact) mass is 482 g/mol. The Hall–Kier alpha value is -3.52. The van der Waals surface area contributed by atoms with Crippen LogP contribution in [0.25, 0.3) is 0 Å². The average Bonchev–Trinajstić information content (AvgIpc) is 2.74. The van der Waals surface area contributed by atoms with Crippen molar-refractivity contribution in [2.75, 3.05) is 22.1 Å². The number of hydrogen-bond donors (Lipinski definition) is 4. The Morgan fingerprint density at radius 2 is 1.12 bits per heavy atom. The minimum absolute atomic E-state index is 0.0239. The first kappa shape index (κ1) is 24.7. The molecule has 32 heavy (non-hydrogen) atoms. The van der Waals surface area contributed by atoms with Crippen molar-refractivity contribution in [2.24, 2.45) is 0 Å². The first-order valence-electron chi connectivity index (χ1n) is 8.90. The number of rotatable bonds is 13. The minimum atomic E-state index is -1.23. The summed E-state index contributed by atoms with van der Waals surface area (Å²) in [7, 11) is 2.11. The van der Waals surface area contributed by atoms with Gasteiger partial charge in [-0.05, 0) is 12.1 Å². The first-order chi connectivity index (χ1) is 15.2. The van der Waals surface area contributed by atoms with Gasteiger partial charge < -0.3 is 20.8 Å². The van der Waals surface area contributed by atoms with E-state index in [2.05, 4.69) is 10.6 Å². The van der Waals surface area contributed by atoms with Crippen molar-refractivity contribution in [3.63, 3.8) is 0 Å². The smallest absolute Gasteiger partial charge is 0.327 e. The van der Waals surface area contributed by atoms with Gasteiger partial charge in [0.2, 0.25) is 0 Å². The van der Waals surface area contributed by atoms with Gasteiger partial charge in [0.1, 0.15) is 23.5 Å². The van der Waals surface area contributed by atoms with Crippen molar-refractivity contribution in [1.82, 2.24) is 0 Å². The molecule has 0 unspecified atom stereocenters. The molecule has 4 N–H and O–H groups in total. The number of nitro groups is 2. The number of carboxylic acids is 2. The second-order valence-electron chi connectivity index (χ2n) is 6.19. The molecule has 0 bridgehead atoms. The molecule has 2 aromatic rings. The van der Waals surface area contributed by atoms with Crippen LogP contribution in [0.1, 0.15) is 0 Å². The Bertz CT molecular complexity index is 927. The van der Waals surface area contributed by atoms with Crippen molar-refractivity contribution in [3.05, 3.63) is 68.8 Å². The quantitative estimate of drug-likeness (QED) is 0.141. The van der Waals surface area contributed by atoms with Crippen LogP contribution in [0, 0.1) is 20.2 Å². The molecule has 2 rings (SSSR count). The van der Waals surface area contributed by atoms with Crippen LogP contribution in [0.2, 0.25) is 0 Å². The fraction of sp³-hybridized carbons (Fsp3) is 0.222. The molecule has 0 aromatic heterocycles. The molecular formula is C18H18N4O8S2. The molecule has 2 atom stereocenters. The van der Waals surface area contributed by atoms with Gasteiger partial charge in [0, 0.05) is 23.6 Å². The van der Waals surface area contributed by atoms with Crippen LogP contribution in [0.3, 0.4) is 0 Å². The zero-order chi connectivity index (χ0) is 23.7. The fourth-order valence-electron chi connectivity index (χ4n) is 2.47. The predicted octanol–water partition coefficient (Wildman–Crippen LogP) is 3.31. The minimum Gasteiger partial charge on any atom is -0.480 e. The molecule has 0 aliphatic carbocycles. The fourth-order valence-corrected chi connectivity index (χ4v) is 4.78. The molecule has 170 valence electrons. The standard InChI is InChI=1S/C18H18N4O8S2/c23-17(24)13(19-11-5-1-3-7-15(11)21(27)28)9-31-32-10-14(18(25)26)20-12-6-2-4-8-16(12)22(29)30/h1-8,13-14,19-20H,9-10H2,(H,23,24)(H,25,26)/t13-,14+. The van der Waals surface area contributed by atoms with E-state index in [1.54, 1.807) is 0 Å². The van der Waals surface area contributed by atoms with E-state index in [0.717, 1.165) is 21.6 Å². The summed E-state index contributed by atoms with van der Waals surface area (Å²) < 4.78 is 0. The lowest BCUT2D eigenvalue weighted by Gasteiger charge is -2.17. The van der Waals surface area contributed by atoms with Crippen LogP contribution in [-0.2, 0) is 9.59 Å². The van der Waals surface area contributed by atoms with Gasteiger partial charge in [0.15, 0.2) is 0 Å². The molecule has 0 spiro atoms. The Kier molecular flexibility index (Phi) is 9.09. The molecule has 0 amide bonds. The second-order valence-corrected chi connectivity index (χ2v) is 8.74. The molecule has 0 aliphatic rings. The average molecular weight is 482 g/mol. The van der Waals surface area contributed by atoms with Crippen LogP contribution in [0.4, 0.5) is 22.7 Å². The van der Waals surface area contributed by atoms with Gasteiger partial charge in [-0.25, -0.2) is 9.59 Å². The number of benzene rings is 2. The van der Waals surface area contributed by atoms with Crippen molar-refractivity contribution < 1.29 is 29.6 Å². The summed E-state index contributed by atoms with van der Waals surface area (Å²) >= 11 is 0. The number of hydrogen-bond acceptors (Lipinski definition) is 10. The normalized spacial score (nSPS) is 12.4. The molecule has 0 radical (unpaired) electrons. The van der Waals surface area contributed by atoms with E-state index in [1.165, 1.54) is 48.5 Å². The lowest BCUT2D eigenvalue weighted by atomic mass is 10.2. The number of para-hydroxylation sites is 4. The Balaban J connectivity index is 1.96. The summed E-state index contributed by atoms with van der Waals surface area (Å²) in [5.41, 5.74) is -0.430. The van der Waals surface area contributed by atoms with E-state index in [0.29, 0.717) is 0 Å². The van der Waals surface area contributed by atoms with Crippen molar-refractivity contribution in [3.8, 4) is 0 Å². The highest BCUT2D eigenvalue weighted by molar-refractivity contribution is 8.76. The molecule has 0 saturated heterocycles. The van der Waals surface area contributed by atoms with E-state index < -0.39 is 33.9 Å². The van der Waals surface area contributed by atoms with E-state index in [-0.39, 0.29) is 34.3 Å². The number of nitrogens with zero attached hydrogens (tertiary/aromatic N) is 2. The van der Waals surface area contributed by atoms with Crippen LogP contribution in [0.5, 0.6) is 0 Å². The Morgan fingerprint density at radius 3 is 1.44 bits per heavy atom. The maximum atomic E-state index is 11.5. The predicted molar refractivity (Wildman–Crippen MR) is 121 cm³/mol. The van der Waals surface area contributed by atoms with Crippen LogP contribution in [-0.4, -0.2) is 55.6 Å². The summed E-state index contributed by atoms with van der Waals surface area (Å²) in [6.07, 6.45) is 0. The summed E-state index contributed by atoms with van der Waals surface area (Å²) in [5.74, 6) is -2.51. The molecule has 14 heteroatoms. The molecule has 12 nitrogen and oxygen atoms in total. The Morgan fingerprint density at radius 1 is 0.781 bits per heavy atom. The maximum Gasteiger partial charge on any atom is 0.327 e. The van der Waals surface area contributed by atoms with E-state index in [9.17, 15) is 40.0 Å². The zero-order valence-electron chi connectivity index (χ0n) is 16.2. The number of aliphatic carboxylic acids is 2. The van der Waals surface area contributed by atoms with Gasteiger partial charge in [-0.2, -0.15) is 0 Å². The van der Waals surface area contributed by atoms with E-state index in [4.69, 9.17) is 0 Å². The van der Waals surface area contributed by atoms with Gasteiger partial charge in [0.25, 0.3) is 11.4 Å². The second kappa shape index (κ2) is 11.8. The number of nitrogens with one attached hydrogen (secondary N) is 2. The number of carbonyl (C=O) groups is 2. The van der Waals surface area contributed by atoms with Gasteiger partial charge >= 0.3 is 11.9 Å². The van der Waals surface area contributed by atoms with Gasteiger partial charge in [-0.15, -0.1) is 0 Å². The largest absolute Gasteiger partial charge is 0.480 e.